The maximum Gasteiger partial charge on any atom is 0.318 e. The molecule has 4 aromatic rings. The molecular weight excluding hydrogens is 432 g/mol. The third-order valence-corrected chi connectivity index (χ3v) is 5.30. The first-order valence-electron chi connectivity index (χ1n) is 11.1. The summed E-state index contributed by atoms with van der Waals surface area (Å²) in [5, 5.41) is 7.64. The van der Waals surface area contributed by atoms with Crippen molar-refractivity contribution in [2.75, 3.05) is 13.7 Å². The Balaban J connectivity index is 1.77. The van der Waals surface area contributed by atoms with Gasteiger partial charge in [-0.15, -0.1) is 0 Å². The number of urea groups is 1. The van der Waals surface area contributed by atoms with Crippen LogP contribution in [0.4, 0.5) is 4.79 Å². The Hall–Kier alpha value is -4.20. The molecule has 0 spiro atoms. The van der Waals surface area contributed by atoms with Crippen molar-refractivity contribution < 1.29 is 18.7 Å². The van der Waals surface area contributed by atoms with Crippen molar-refractivity contribution in [3.05, 3.63) is 90.0 Å². The summed E-state index contributed by atoms with van der Waals surface area (Å²) in [7, 11) is 1.60. The van der Waals surface area contributed by atoms with Crippen molar-refractivity contribution in [2.24, 2.45) is 0 Å². The third kappa shape index (κ3) is 5.06. The molecule has 8 nitrogen and oxygen atoms in total. The van der Waals surface area contributed by atoms with E-state index >= 15 is 0 Å². The first-order chi connectivity index (χ1) is 16.6. The number of amides is 2. The molecule has 0 radical (unpaired) electrons. The summed E-state index contributed by atoms with van der Waals surface area (Å²) in [5.41, 5.74) is 2.38. The molecule has 4 rings (SSSR count). The van der Waals surface area contributed by atoms with Crippen LogP contribution in [0.15, 0.2) is 77.4 Å². The Kier molecular flexibility index (Phi) is 7.17. The number of carbonyl (C=O) groups is 1. The van der Waals surface area contributed by atoms with E-state index in [1.807, 2.05) is 74.5 Å². The summed E-state index contributed by atoms with van der Waals surface area (Å²) >= 11 is 0. The lowest BCUT2D eigenvalue weighted by Gasteiger charge is -2.22. The molecule has 2 aromatic heterocycles. The van der Waals surface area contributed by atoms with Gasteiger partial charge in [-0.25, -0.2) is 9.48 Å². The van der Waals surface area contributed by atoms with Crippen LogP contribution in [-0.4, -0.2) is 34.4 Å². The maximum absolute atomic E-state index is 12.9. The summed E-state index contributed by atoms with van der Waals surface area (Å²) in [6, 6.07) is 20.6. The van der Waals surface area contributed by atoms with Gasteiger partial charge in [0.05, 0.1) is 43.4 Å². The number of hydrogen-bond donors (Lipinski definition) is 1. The molecule has 0 unspecified atom stereocenters. The van der Waals surface area contributed by atoms with Crippen molar-refractivity contribution in [1.82, 2.24) is 20.0 Å². The fourth-order valence-corrected chi connectivity index (χ4v) is 3.62. The average molecular weight is 461 g/mol. The quantitative estimate of drug-likeness (QED) is 0.366. The second-order valence-corrected chi connectivity index (χ2v) is 7.64. The lowest BCUT2D eigenvalue weighted by atomic mass is 10.2. The fourth-order valence-electron chi connectivity index (χ4n) is 3.62. The molecule has 0 aliphatic heterocycles. The van der Waals surface area contributed by atoms with E-state index in [1.54, 1.807) is 29.0 Å². The first kappa shape index (κ1) is 23.0. The maximum atomic E-state index is 12.9. The largest absolute Gasteiger partial charge is 0.493 e. The summed E-state index contributed by atoms with van der Waals surface area (Å²) < 4.78 is 19.1. The number of furan rings is 1. The zero-order valence-electron chi connectivity index (χ0n) is 19.5. The van der Waals surface area contributed by atoms with E-state index in [0.717, 1.165) is 16.9 Å². The number of carbonyl (C=O) groups excluding carboxylic acids is 1. The molecule has 0 saturated heterocycles. The van der Waals surface area contributed by atoms with E-state index in [0.29, 0.717) is 36.2 Å². The van der Waals surface area contributed by atoms with Crippen molar-refractivity contribution >= 4 is 6.03 Å². The lowest BCUT2D eigenvalue weighted by molar-refractivity contribution is 0.187. The minimum atomic E-state index is -0.200. The second kappa shape index (κ2) is 10.6. The van der Waals surface area contributed by atoms with Crippen LogP contribution in [0.3, 0.4) is 0 Å². The SMILES string of the molecule is CCNC(=O)N(Cc1ccco1)Cc1c(C)nn(-c2ccccc2)c1Oc1ccccc1OC. The zero-order chi connectivity index (χ0) is 23.9. The van der Waals surface area contributed by atoms with Crippen molar-refractivity contribution in [1.29, 1.82) is 0 Å². The highest BCUT2D eigenvalue weighted by Crippen LogP contribution is 2.36. The van der Waals surface area contributed by atoms with E-state index in [9.17, 15) is 4.79 Å². The van der Waals surface area contributed by atoms with Gasteiger partial charge in [-0.2, -0.15) is 5.10 Å². The predicted molar refractivity (Wildman–Crippen MR) is 128 cm³/mol. The number of ether oxygens (including phenoxy) is 2. The van der Waals surface area contributed by atoms with Crippen molar-refractivity contribution in [3.63, 3.8) is 0 Å². The van der Waals surface area contributed by atoms with Gasteiger partial charge in [0.1, 0.15) is 5.76 Å². The summed E-state index contributed by atoms with van der Waals surface area (Å²) in [6.45, 7) is 4.89. The van der Waals surface area contributed by atoms with Crippen LogP contribution in [0.25, 0.3) is 5.69 Å². The van der Waals surface area contributed by atoms with Gasteiger partial charge in [0.25, 0.3) is 0 Å². The average Bonchev–Trinajstić information content (AvgIpc) is 3.48. The molecule has 1 N–H and O–H groups in total. The Morgan fingerprint density at radius 2 is 1.76 bits per heavy atom. The number of aromatic nitrogens is 2. The van der Waals surface area contributed by atoms with Crippen LogP contribution in [-0.2, 0) is 13.1 Å². The molecule has 176 valence electrons. The number of rotatable bonds is 9. The van der Waals surface area contributed by atoms with Crippen LogP contribution >= 0.6 is 0 Å². The topological polar surface area (TPSA) is 81.8 Å². The summed E-state index contributed by atoms with van der Waals surface area (Å²) in [5.74, 6) is 2.36. The van der Waals surface area contributed by atoms with Gasteiger partial charge in [0, 0.05) is 6.54 Å². The van der Waals surface area contributed by atoms with Gasteiger partial charge < -0.3 is 24.1 Å². The molecule has 0 aliphatic rings. The van der Waals surface area contributed by atoms with Crippen LogP contribution < -0.4 is 14.8 Å². The molecule has 0 saturated carbocycles. The van der Waals surface area contributed by atoms with E-state index < -0.39 is 0 Å². The Morgan fingerprint density at radius 1 is 1.03 bits per heavy atom. The van der Waals surface area contributed by atoms with Gasteiger partial charge in [-0.05, 0) is 50.2 Å². The minimum Gasteiger partial charge on any atom is -0.493 e. The molecule has 2 aromatic carbocycles. The van der Waals surface area contributed by atoms with Crippen LogP contribution in [0, 0.1) is 6.92 Å². The summed E-state index contributed by atoms with van der Waals surface area (Å²) in [6.07, 6.45) is 1.60. The number of methoxy groups -OCH3 is 1. The number of aryl methyl sites for hydroxylation is 1. The van der Waals surface area contributed by atoms with Gasteiger partial charge >= 0.3 is 6.03 Å². The Labute approximate surface area is 198 Å². The smallest absolute Gasteiger partial charge is 0.318 e. The van der Waals surface area contributed by atoms with Crippen LogP contribution in [0.1, 0.15) is 23.9 Å². The van der Waals surface area contributed by atoms with Gasteiger partial charge in [-0.3, -0.25) is 0 Å². The van der Waals surface area contributed by atoms with E-state index in [-0.39, 0.29) is 12.6 Å². The molecule has 0 atom stereocenters. The standard InChI is InChI=1S/C26H28N4O4/c1-4-27-26(31)29(17-21-13-10-16-33-21)18-22-19(2)28-30(20-11-6-5-7-12-20)25(22)34-24-15-9-8-14-23(24)32-3/h5-16H,4,17-18H2,1-3H3,(H,27,31). The van der Waals surface area contributed by atoms with Crippen LogP contribution in [0.5, 0.6) is 17.4 Å². The van der Waals surface area contributed by atoms with Crippen molar-refractivity contribution in [2.45, 2.75) is 26.9 Å². The van der Waals surface area contributed by atoms with Gasteiger partial charge in [-0.1, -0.05) is 30.3 Å². The normalized spacial score (nSPS) is 10.7. The fraction of sp³-hybridized carbons (Fsp3) is 0.231. The molecule has 2 heterocycles. The number of nitrogens with zero attached hydrogens (tertiary/aromatic N) is 3. The monoisotopic (exact) mass is 460 g/mol. The minimum absolute atomic E-state index is 0.200. The molecule has 34 heavy (non-hydrogen) atoms. The van der Waals surface area contributed by atoms with Crippen molar-refractivity contribution in [3.8, 4) is 23.1 Å². The molecule has 2 amide bonds. The molecular formula is C26H28N4O4. The molecule has 8 heteroatoms. The van der Waals surface area contributed by atoms with E-state index in [1.165, 1.54) is 0 Å². The number of benzene rings is 2. The highest BCUT2D eigenvalue weighted by Gasteiger charge is 2.25. The Morgan fingerprint density at radius 3 is 2.44 bits per heavy atom. The predicted octanol–water partition coefficient (Wildman–Crippen LogP) is 5.31. The van der Waals surface area contributed by atoms with E-state index in [2.05, 4.69) is 5.32 Å². The highest BCUT2D eigenvalue weighted by atomic mass is 16.5. The number of hydrogen-bond acceptors (Lipinski definition) is 5. The number of para-hydroxylation sites is 3. The first-order valence-corrected chi connectivity index (χ1v) is 11.1. The lowest BCUT2D eigenvalue weighted by Crippen LogP contribution is -2.39. The van der Waals surface area contributed by atoms with E-state index in [4.69, 9.17) is 19.0 Å². The van der Waals surface area contributed by atoms with Gasteiger partial charge in [0.2, 0.25) is 5.88 Å². The molecule has 0 aliphatic carbocycles. The zero-order valence-corrected chi connectivity index (χ0v) is 19.5. The Bertz CT molecular complexity index is 1220. The van der Waals surface area contributed by atoms with Gasteiger partial charge in [0.15, 0.2) is 11.5 Å². The third-order valence-electron chi connectivity index (χ3n) is 5.30. The highest BCUT2D eigenvalue weighted by molar-refractivity contribution is 5.74. The second-order valence-electron chi connectivity index (χ2n) is 7.64. The number of nitrogens with one attached hydrogen (secondary N) is 1. The summed E-state index contributed by atoms with van der Waals surface area (Å²) in [4.78, 5) is 14.6. The molecule has 0 fully saturated rings. The molecule has 0 bridgehead atoms. The van der Waals surface area contributed by atoms with Crippen LogP contribution in [0.2, 0.25) is 0 Å².